The van der Waals surface area contributed by atoms with E-state index in [0.29, 0.717) is 31.1 Å². The van der Waals surface area contributed by atoms with Crippen molar-refractivity contribution in [1.29, 1.82) is 0 Å². The van der Waals surface area contributed by atoms with Crippen LogP contribution in [-0.4, -0.2) is 56.6 Å². The van der Waals surface area contributed by atoms with E-state index in [9.17, 15) is 4.79 Å². The van der Waals surface area contributed by atoms with Gasteiger partial charge in [-0.25, -0.2) is 0 Å². The summed E-state index contributed by atoms with van der Waals surface area (Å²) < 4.78 is 13.3. The Morgan fingerprint density at radius 3 is 2.59 bits per heavy atom. The maximum atomic E-state index is 12.8. The Labute approximate surface area is 175 Å². The molecule has 0 bridgehead atoms. The largest absolute Gasteiger partial charge is 0.486 e. The summed E-state index contributed by atoms with van der Waals surface area (Å²) in [6.07, 6.45) is 3.36. The van der Waals surface area contributed by atoms with E-state index in [1.165, 1.54) is 18.2 Å². The lowest BCUT2D eigenvalue weighted by molar-refractivity contribution is -0.134. The van der Waals surface area contributed by atoms with Crippen molar-refractivity contribution >= 4 is 17.7 Å². The maximum Gasteiger partial charge on any atom is 0.233 e. The molecular weight excluding hydrogens is 388 g/mol. The number of aromatic nitrogens is 3. The van der Waals surface area contributed by atoms with E-state index < -0.39 is 0 Å². The average molecular weight is 417 g/mol. The van der Waals surface area contributed by atoms with Gasteiger partial charge in [0, 0.05) is 24.2 Å². The molecule has 7 nitrogen and oxygen atoms in total. The summed E-state index contributed by atoms with van der Waals surface area (Å²) in [5, 5.41) is 9.53. The number of nitrogens with zero attached hydrogens (tertiary/aromatic N) is 4. The highest BCUT2D eigenvalue weighted by molar-refractivity contribution is 7.99. The van der Waals surface area contributed by atoms with Crippen LogP contribution in [0.5, 0.6) is 11.5 Å². The minimum atomic E-state index is 0.182. The zero-order chi connectivity index (χ0) is 20.4. The van der Waals surface area contributed by atoms with Crippen molar-refractivity contribution in [2.75, 3.05) is 19.0 Å². The Hall–Kier alpha value is -2.22. The second kappa shape index (κ2) is 8.65. The molecule has 1 saturated heterocycles. The lowest BCUT2D eigenvalue weighted by Gasteiger charge is -2.39. The number of likely N-dealkylation sites (tertiary alicyclic amines) is 1. The van der Waals surface area contributed by atoms with E-state index in [4.69, 9.17) is 9.47 Å². The smallest absolute Gasteiger partial charge is 0.233 e. The van der Waals surface area contributed by atoms with Crippen molar-refractivity contribution in [1.82, 2.24) is 19.7 Å². The van der Waals surface area contributed by atoms with Crippen molar-refractivity contribution in [3.63, 3.8) is 0 Å². The summed E-state index contributed by atoms with van der Waals surface area (Å²) in [5.74, 6) is 2.83. The molecule has 2 aliphatic heterocycles. The molecule has 0 spiro atoms. The number of benzene rings is 1. The van der Waals surface area contributed by atoms with Gasteiger partial charge in [0.05, 0.1) is 5.75 Å². The predicted molar refractivity (Wildman–Crippen MR) is 112 cm³/mol. The van der Waals surface area contributed by atoms with Crippen LogP contribution in [-0.2, 0) is 11.3 Å². The summed E-state index contributed by atoms with van der Waals surface area (Å²) in [6, 6.07) is 6.45. The second-order valence-electron chi connectivity index (χ2n) is 7.63. The van der Waals surface area contributed by atoms with E-state index >= 15 is 0 Å². The molecule has 0 unspecified atom stereocenters. The first-order valence-corrected chi connectivity index (χ1v) is 11.3. The lowest BCUT2D eigenvalue weighted by atomic mass is 9.98. The van der Waals surface area contributed by atoms with Crippen molar-refractivity contribution in [2.45, 2.75) is 63.8 Å². The monoisotopic (exact) mass is 416 g/mol. The number of carbonyl (C=O) groups excluding carboxylic acids is 1. The molecule has 0 radical (unpaired) electrons. The zero-order valence-corrected chi connectivity index (χ0v) is 18.1. The van der Waals surface area contributed by atoms with Crippen molar-refractivity contribution in [3.05, 3.63) is 18.2 Å². The van der Waals surface area contributed by atoms with Crippen LogP contribution >= 0.6 is 11.8 Å². The number of hydrogen-bond acceptors (Lipinski definition) is 6. The van der Waals surface area contributed by atoms with Gasteiger partial charge < -0.3 is 18.9 Å². The lowest BCUT2D eigenvalue weighted by Crippen LogP contribution is -2.48. The first kappa shape index (κ1) is 20.1. The molecule has 29 heavy (non-hydrogen) atoms. The van der Waals surface area contributed by atoms with E-state index in [-0.39, 0.29) is 5.91 Å². The molecule has 1 aromatic heterocycles. The summed E-state index contributed by atoms with van der Waals surface area (Å²) in [7, 11) is 0. The number of hydrogen-bond donors (Lipinski definition) is 0. The van der Waals surface area contributed by atoms with Crippen LogP contribution in [0.2, 0.25) is 0 Å². The van der Waals surface area contributed by atoms with Crippen LogP contribution in [0.4, 0.5) is 0 Å². The highest BCUT2D eigenvalue weighted by atomic mass is 32.2. The Morgan fingerprint density at radius 1 is 1.14 bits per heavy atom. The van der Waals surface area contributed by atoms with Crippen molar-refractivity contribution in [2.24, 2.45) is 0 Å². The fourth-order valence-electron chi connectivity index (χ4n) is 4.19. The molecule has 2 aromatic rings. The molecule has 1 amide bonds. The van der Waals surface area contributed by atoms with Gasteiger partial charge in [-0.15, -0.1) is 10.2 Å². The molecule has 1 aromatic carbocycles. The van der Waals surface area contributed by atoms with Gasteiger partial charge in [0.15, 0.2) is 22.5 Å². The molecule has 2 atom stereocenters. The Kier molecular flexibility index (Phi) is 5.99. The summed E-state index contributed by atoms with van der Waals surface area (Å²) in [5.41, 5.74) is 0.931. The van der Waals surface area contributed by atoms with Crippen LogP contribution in [0, 0.1) is 0 Å². The first-order valence-electron chi connectivity index (χ1n) is 10.4. The standard InChI is InChI=1S/C21H28N4O3S/c1-4-24-20(16-8-9-17-18(12-16)28-11-10-27-17)22-23-21(24)29-13-19(26)25-14(2)6-5-7-15(25)3/h8-9,12,14-15H,4-7,10-11,13H2,1-3H3/t14-,15+. The van der Waals surface area contributed by atoms with Gasteiger partial charge in [-0.3, -0.25) is 4.79 Å². The highest BCUT2D eigenvalue weighted by Gasteiger charge is 2.29. The Balaban J connectivity index is 1.50. The number of thioether (sulfide) groups is 1. The van der Waals surface area contributed by atoms with Gasteiger partial charge in [-0.2, -0.15) is 0 Å². The third kappa shape index (κ3) is 4.08. The van der Waals surface area contributed by atoms with Crippen LogP contribution in [0.1, 0.15) is 40.0 Å². The molecule has 3 heterocycles. The molecule has 0 N–H and O–H groups in total. The third-order valence-corrected chi connectivity index (χ3v) is 6.59. The van der Waals surface area contributed by atoms with E-state index in [0.717, 1.165) is 47.4 Å². The van der Waals surface area contributed by atoms with Gasteiger partial charge in [-0.1, -0.05) is 11.8 Å². The number of fused-ring (bicyclic) bond motifs is 1. The molecular formula is C21H28N4O3S. The van der Waals surface area contributed by atoms with E-state index in [1.54, 1.807) is 0 Å². The van der Waals surface area contributed by atoms with Crippen LogP contribution in [0.3, 0.4) is 0 Å². The summed E-state index contributed by atoms with van der Waals surface area (Å²) >= 11 is 1.46. The molecule has 8 heteroatoms. The minimum Gasteiger partial charge on any atom is -0.486 e. The summed E-state index contributed by atoms with van der Waals surface area (Å²) in [6.45, 7) is 8.20. The van der Waals surface area contributed by atoms with Crippen LogP contribution < -0.4 is 9.47 Å². The summed E-state index contributed by atoms with van der Waals surface area (Å²) in [4.78, 5) is 14.9. The molecule has 156 valence electrons. The number of rotatable bonds is 5. The second-order valence-corrected chi connectivity index (χ2v) is 8.57. The predicted octanol–water partition coefficient (Wildman–Crippen LogP) is 3.62. The van der Waals surface area contributed by atoms with Crippen molar-refractivity contribution < 1.29 is 14.3 Å². The average Bonchev–Trinajstić information content (AvgIpc) is 3.14. The molecule has 4 rings (SSSR count). The Morgan fingerprint density at radius 2 is 1.86 bits per heavy atom. The van der Waals surface area contributed by atoms with E-state index in [1.807, 2.05) is 27.7 Å². The minimum absolute atomic E-state index is 0.182. The van der Waals surface area contributed by atoms with Gasteiger partial charge in [0.2, 0.25) is 5.91 Å². The first-order chi connectivity index (χ1) is 14.1. The SMILES string of the molecule is CCn1c(SCC(=O)N2[C@H](C)CCC[C@@H]2C)nnc1-c1ccc2c(c1)OCCO2. The molecule has 0 aliphatic carbocycles. The Bertz CT molecular complexity index is 875. The third-order valence-electron chi connectivity index (χ3n) is 5.64. The van der Waals surface area contributed by atoms with Crippen molar-refractivity contribution in [3.8, 4) is 22.9 Å². The van der Waals surface area contributed by atoms with Crippen LogP contribution in [0.25, 0.3) is 11.4 Å². The highest BCUT2D eigenvalue weighted by Crippen LogP contribution is 2.35. The normalized spacial score (nSPS) is 21.3. The fraction of sp³-hybridized carbons (Fsp3) is 0.571. The topological polar surface area (TPSA) is 69.5 Å². The van der Waals surface area contributed by atoms with Gasteiger partial charge in [0.1, 0.15) is 13.2 Å². The fourth-order valence-corrected chi connectivity index (χ4v) is 5.06. The number of ether oxygens (including phenoxy) is 2. The molecule has 2 aliphatic rings. The number of amides is 1. The van der Waals surface area contributed by atoms with Gasteiger partial charge in [-0.05, 0) is 58.2 Å². The zero-order valence-electron chi connectivity index (χ0n) is 17.3. The maximum absolute atomic E-state index is 12.8. The molecule has 0 saturated carbocycles. The number of piperidine rings is 1. The van der Waals surface area contributed by atoms with E-state index in [2.05, 4.69) is 31.0 Å². The molecule has 1 fully saturated rings. The number of carbonyl (C=O) groups is 1. The van der Waals surface area contributed by atoms with Crippen LogP contribution in [0.15, 0.2) is 23.4 Å². The quantitative estimate of drug-likeness (QED) is 0.694. The van der Waals surface area contributed by atoms with Gasteiger partial charge >= 0.3 is 0 Å². The van der Waals surface area contributed by atoms with Gasteiger partial charge in [0.25, 0.3) is 0 Å².